The fourth-order valence-electron chi connectivity index (χ4n) is 3.68. The fraction of sp³-hybridized carbons (Fsp3) is 0.286. The number of fused-ring (bicyclic) bond motifs is 2. The van der Waals surface area contributed by atoms with E-state index < -0.39 is 36.3 Å². The van der Waals surface area contributed by atoms with Crippen molar-refractivity contribution < 1.29 is 22.4 Å². The SMILES string of the molecule is CC(Nc1c(F)c(Cl)c(-c2ccc3nc(NC(=O)[C@@H]4C[C@@H]4F)cn3c2)c2cn[nH]c12)C(F)F. The first kappa shape index (κ1) is 21.5. The van der Waals surface area contributed by atoms with Crippen LogP contribution in [0.1, 0.15) is 13.3 Å². The van der Waals surface area contributed by atoms with Crippen molar-refractivity contribution in [2.24, 2.45) is 5.92 Å². The second-order valence-corrected chi connectivity index (χ2v) is 8.34. The van der Waals surface area contributed by atoms with Gasteiger partial charge in [0.2, 0.25) is 5.91 Å². The van der Waals surface area contributed by atoms with E-state index in [9.17, 15) is 18.0 Å². The molecule has 3 N–H and O–H groups in total. The Morgan fingerprint density at radius 3 is 2.79 bits per heavy atom. The molecular formula is C21H17ClF4N6O. The van der Waals surface area contributed by atoms with Crippen molar-refractivity contribution in [1.82, 2.24) is 19.6 Å². The standard InChI is InChI=1S/C21H17ClF4N6O/c1-8(20(25)26)28-19-17(24)16(22)15(11-5-27-31-18(11)19)9-2-3-14-29-13(7-32(14)6-9)30-21(33)10-4-12(10)23/h2-3,5-8,10,12,20,28H,4H2,1H3,(H,27,31)(H,30,33)/t8?,10-,12+/m1/s1. The molecule has 172 valence electrons. The molecule has 1 saturated carbocycles. The highest BCUT2D eigenvalue weighted by molar-refractivity contribution is 6.36. The number of H-pyrrole nitrogens is 1. The van der Waals surface area contributed by atoms with Crippen LogP contribution in [-0.2, 0) is 4.79 Å². The number of hydrogen-bond acceptors (Lipinski definition) is 4. The van der Waals surface area contributed by atoms with Gasteiger partial charge in [-0.25, -0.2) is 22.5 Å². The topological polar surface area (TPSA) is 87.1 Å². The largest absolute Gasteiger partial charge is 0.373 e. The second kappa shape index (κ2) is 7.91. The molecule has 0 radical (unpaired) electrons. The third kappa shape index (κ3) is 3.75. The van der Waals surface area contributed by atoms with E-state index in [0.29, 0.717) is 22.2 Å². The van der Waals surface area contributed by atoms with Crippen molar-refractivity contribution in [2.45, 2.75) is 32.0 Å². The second-order valence-electron chi connectivity index (χ2n) is 7.96. The molecule has 33 heavy (non-hydrogen) atoms. The number of halogens is 5. The quantitative estimate of drug-likeness (QED) is 0.338. The summed E-state index contributed by atoms with van der Waals surface area (Å²) in [5.74, 6) is -1.72. The molecule has 5 rings (SSSR count). The predicted molar refractivity (Wildman–Crippen MR) is 116 cm³/mol. The molecule has 7 nitrogen and oxygen atoms in total. The molecule has 0 saturated heterocycles. The lowest BCUT2D eigenvalue weighted by Crippen LogP contribution is -2.24. The van der Waals surface area contributed by atoms with Gasteiger partial charge in [0.1, 0.15) is 11.8 Å². The monoisotopic (exact) mass is 480 g/mol. The van der Waals surface area contributed by atoms with Gasteiger partial charge < -0.3 is 15.0 Å². The molecule has 3 aromatic heterocycles. The van der Waals surface area contributed by atoms with E-state index in [0.717, 1.165) is 0 Å². The number of amides is 1. The normalized spacial score (nSPS) is 18.8. The highest BCUT2D eigenvalue weighted by Crippen LogP contribution is 2.42. The summed E-state index contributed by atoms with van der Waals surface area (Å²) in [5.41, 5.74) is 1.32. The van der Waals surface area contributed by atoms with Crippen LogP contribution in [0.5, 0.6) is 0 Å². The van der Waals surface area contributed by atoms with E-state index in [-0.39, 0.29) is 28.5 Å². The van der Waals surface area contributed by atoms with Crippen molar-refractivity contribution >= 4 is 45.6 Å². The Balaban J connectivity index is 1.54. The number of nitrogens with one attached hydrogen (secondary N) is 3. The van der Waals surface area contributed by atoms with Gasteiger partial charge in [0.05, 0.1) is 40.6 Å². The minimum Gasteiger partial charge on any atom is -0.373 e. The Kier molecular flexibility index (Phi) is 5.15. The lowest BCUT2D eigenvalue weighted by atomic mass is 10.0. The lowest BCUT2D eigenvalue weighted by molar-refractivity contribution is -0.117. The van der Waals surface area contributed by atoms with Crippen LogP contribution in [0.4, 0.5) is 29.1 Å². The Morgan fingerprint density at radius 1 is 1.33 bits per heavy atom. The Hall–Kier alpha value is -3.34. The van der Waals surface area contributed by atoms with Crippen LogP contribution in [0.2, 0.25) is 5.02 Å². The highest BCUT2D eigenvalue weighted by Gasteiger charge is 2.43. The molecule has 12 heteroatoms. The third-order valence-electron chi connectivity index (χ3n) is 5.58. The zero-order valence-electron chi connectivity index (χ0n) is 17.0. The van der Waals surface area contributed by atoms with Gasteiger partial charge in [-0.05, 0) is 25.5 Å². The van der Waals surface area contributed by atoms with Crippen LogP contribution >= 0.6 is 11.6 Å². The van der Waals surface area contributed by atoms with Crippen LogP contribution in [0.3, 0.4) is 0 Å². The summed E-state index contributed by atoms with van der Waals surface area (Å²) in [6, 6.07) is 1.99. The van der Waals surface area contributed by atoms with Gasteiger partial charge in [0.25, 0.3) is 6.43 Å². The number of aromatic nitrogens is 4. The van der Waals surface area contributed by atoms with Crippen molar-refractivity contribution in [3.63, 3.8) is 0 Å². The number of imidazole rings is 1. The van der Waals surface area contributed by atoms with Crippen LogP contribution in [0.15, 0.2) is 30.7 Å². The maximum atomic E-state index is 15.2. The molecular weight excluding hydrogens is 464 g/mol. The molecule has 0 spiro atoms. The van der Waals surface area contributed by atoms with Crippen molar-refractivity contribution in [3.05, 3.63) is 41.6 Å². The third-order valence-corrected chi connectivity index (χ3v) is 5.94. The zero-order chi connectivity index (χ0) is 23.4. The Bertz CT molecular complexity index is 1390. The first-order chi connectivity index (χ1) is 15.7. The molecule has 0 aliphatic heterocycles. The van der Waals surface area contributed by atoms with E-state index in [1.165, 1.54) is 13.1 Å². The summed E-state index contributed by atoms with van der Waals surface area (Å²) in [7, 11) is 0. The molecule has 1 aliphatic rings. The van der Waals surface area contributed by atoms with Crippen molar-refractivity contribution in [1.29, 1.82) is 0 Å². The zero-order valence-corrected chi connectivity index (χ0v) is 17.8. The number of benzene rings is 1. The number of anilines is 2. The predicted octanol–water partition coefficient (Wildman–Crippen LogP) is 5.03. The number of carbonyl (C=O) groups is 1. The molecule has 1 fully saturated rings. The number of nitrogens with zero attached hydrogens (tertiary/aromatic N) is 3. The average molecular weight is 481 g/mol. The molecule has 1 unspecified atom stereocenters. The fourth-order valence-corrected chi connectivity index (χ4v) is 3.98. The number of carbonyl (C=O) groups excluding carboxylic acids is 1. The molecule has 1 amide bonds. The number of hydrogen-bond donors (Lipinski definition) is 3. The van der Waals surface area contributed by atoms with Gasteiger partial charge in [-0.1, -0.05) is 11.6 Å². The highest BCUT2D eigenvalue weighted by atomic mass is 35.5. The van der Waals surface area contributed by atoms with E-state index >= 15 is 4.39 Å². The minimum atomic E-state index is -2.71. The number of aromatic amines is 1. The summed E-state index contributed by atoms with van der Waals surface area (Å²) in [6.45, 7) is 1.23. The summed E-state index contributed by atoms with van der Waals surface area (Å²) >= 11 is 6.35. The number of alkyl halides is 3. The number of pyridine rings is 1. The van der Waals surface area contributed by atoms with Crippen molar-refractivity contribution in [2.75, 3.05) is 10.6 Å². The summed E-state index contributed by atoms with van der Waals surface area (Å²) < 4.78 is 55.9. The maximum Gasteiger partial charge on any atom is 0.258 e. The van der Waals surface area contributed by atoms with E-state index in [4.69, 9.17) is 11.6 Å². The smallest absolute Gasteiger partial charge is 0.258 e. The maximum absolute atomic E-state index is 15.2. The van der Waals surface area contributed by atoms with Gasteiger partial charge >= 0.3 is 0 Å². The van der Waals surface area contributed by atoms with Crippen LogP contribution in [0.25, 0.3) is 27.7 Å². The lowest BCUT2D eigenvalue weighted by Gasteiger charge is -2.18. The van der Waals surface area contributed by atoms with E-state index in [1.54, 1.807) is 28.9 Å². The molecule has 0 bridgehead atoms. The molecule has 1 aliphatic carbocycles. The molecule has 3 heterocycles. The van der Waals surface area contributed by atoms with Crippen molar-refractivity contribution in [3.8, 4) is 11.1 Å². The summed E-state index contributed by atoms with van der Waals surface area (Å²) in [5, 5.41) is 11.8. The van der Waals surface area contributed by atoms with E-state index in [1.807, 2.05) is 0 Å². The van der Waals surface area contributed by atoms with E-state index in [2.05, 4.69) is 25.8 Å². The Morgan fingerprint density at radius 2 is 2.09 bits per heavy atom. The minimum absolute atomic E-state index is 0.191. The Labute approximate surface area is 189 Å². The first-order valence-corrected chi connectivity index (χ1v) is 10.4. The van der Waals surface area contributed by atoms with Crippen LogP contribution in [0, 0.1) is 11.7 Å². The van der Waals surface area contributed by atoms with Gasteiger partial charge in [0, 0.05) is 22.7 Å². The molecule has 4 aromatic rings. The first-order valence-electron chi connectivity index (χ1n) is 10.1. The summed E-state index contributed by atoms with van der Waals surface area (Å²) in [6.07, 6.45) is 0.980. The van der Waals surface area contributed by atoms with Gasteiger partial charge in [0.15, 0.2) is 11.6 Å². The molecule has 3 atom stereocenters. The molecule has 1 aromatic carbocycles. The van der Waals surface area contributed by atoms with Gasteiger partial charge in [-0.2, -0.15) is 5.10 Å². The average Bonchev–Trinajstić information content (AvgIpc) is 3.15. The van der Waals surface area contributed by atoms with Gasteiger partial charge in [-0.3, -0.25) is 9.89 Å². The van der Waals surface area contributed by atoms with Gasteiger partial charge in [-0.15, -0.1) is 0 Å². The van der Waals surface area contributed by atoms with Crippen LogP contribution < -0.4 is 10.6 Å². The summed E-state index contributed by atoms with van der Waals surface area (Å²) in [4.78, 5) is 16.3. The number of rotatable bonds is 6. The van der Waals surface area contributed by atoms with Crippen LogP contribution in [-0.4, -0.2) is 44.1 Å².